The number of nitrogens with zero attached hydrogens (tertiary/aromatic N) is 1. The zero-order chi connectivity index (χ0) is 14.2. The third-order valence-corrected chi connectivity index (χ3v) is 3.74. The van der Waals surface area contributed by atoms with Crippen molar-refractivity contribution in [2.45, 2.75) is 18.4 Å². The summed E-state index contributed by atoms with van der Waals surface area (Å²) in [5.41, 5.74) is 0.778. The molecule has 1 fully saturated rings. The molecule has 20 heavy (non-hydrogen) atoms. The van der Waals surface area contributed by atoms with E-state index < -0.39 is 5.54 Å². The lowest BCUT2D eigenvalue weighted by molar-refractivity contribution is -0.126. The van der Waals surface area contributed by atoms with Gasteiger partial charge in [-0.2, -0.15) is 0 Å². The van der Waals surface area contributed by atoms with E-state index in [1.165, 1.54) is 4.90 Å². The highest BCUT2D eigenvalue weighted by atomic mass is 16.3. The van der Waals surface area contributed by atoms with Gasteiger partial charge in [-0.1, -0.05) is 0 Å². The number of imide groups is 1. The van der Waals surface area contributed by atoms with Crippen LogP contribution in [0.4, 0.5) is 4.79 Å². The van der Waals surface area contributed by atoms with Crippen molar-refractivity contribution in [2.24, 2.45) is 0 Å². The number of carbonyl (C=O) groups excluding carboxylic acids is 2. The predicted octanol–water partition coefficient (Wildman–Crippen LogP) is 1.58. The lowest BCUT2D eigenvalue weighted by Gasteiger charge is -2.32. The first kappa shape index (κ1) is 12.5. The van der Waals surface area contributed by atoms with Gasteiger partial charge in [-0.25, -0.2) is 4.79 Å². The minimum absolute atomic E-state index is 0.299. The second-order valence-electron chi connectivity index (χ2n) is 4.97. The highest BCUT2D eigenvalue weighted by Gasteiger charge is 2.51. The van der Waals surface area contributed by atoms with Crippen LogP contribution in [0.3, 0.4) is 0 Å². The van der Waals surface area contributed by atoms with Gasteiger partial charge in [-0.3, -0.25) is 10.1 Å². The maximum Gasteiger partial charge on any atom is 0.324 e. The van der Waals surface area contributed by atoms with E-state index in [-0.39, 0.29) is 11.9 Å². The smallest absolute Gasteiger partial charge is 0.324 e. The van der Waals surface area contributed by atoms with E-state index in [1.54, 1.807) is 44.2 Å². The average Bonchev–Trinajstić information content (AvgIpc) is 3.12. The van der Waals surface area contributed by atoms with Crippen molar-refractivity contribution in [1.29, 1.82) is 0 Å². The Kier molecular flexibility index (Phi) is 2.85. The summed E-state index contributed by atoms with van der Waals surface area (Å²) >= 11 is 0. The fraction of sp³-hybridized carbons (Fsp3) is 0.286. The Morgan fingerprint density at radius 2 is 1.65 bits per heavy atom. The lowest BCUT2D eigenvalue weighted by atomic mass is 9.85. The molecule has 2 aromatic heterocycles. The molecule has 1 aliphatic rings. The van der Waals surface area contributed by atoms with E-state index in [4.69, 9.17) is 8.83 Å². The number of furan rings is 2. The Bertz CT molecular complexity index is 579. The van der Waals surface area contributed by atoms with Gasteiger partial charge in [0.25, 0.3) is 5.91 Å². The van der Waals surface area contributed by atoms with Gasteiger partial charge in [0.15, 0.2) is 0 Å². The molecule has 0 saturated carbocycles. The summed E-state index contributed by atoms with van der Waals surface area (Å²) in [4.78, 5) is 25.6. The normalized spacial score (nSPS) is 17.6. The molecule has 3 heterocycles. The minimum atomic E-state index is -0.954. The van der Waals surface area contributed by atoms with Gasteiger partial charge < -0.3 is 13.7 Å². The van der Waals surface area contributed by atoms with Gasteiger partial charge in [0.05, 0.1) is 25.1 Å². The van der Waals surface area contributed by atoms with Crippen LogP contribution in [-0.4, -0.2) is 29.4 Å². The number of hydrogen-bond acceptors (Lipinski definition) is 4. The standard InChI is InChI=1S/C14H14N2O4/c1-16-13(18)15-12(17)14(16,6-10-2-4-19-8-10)7-11-3-5-20-9-11/h2-5,8-9H,6-7H2,1H3,(H,15,17,18). The van der Waals surface area contributed by atoms with Crippen molar-refractivity contribution in [3.8, 4) is 0 Å². The van der Waals surface area contributed by atoms with Crippen LogP contribution in [0.1, 0.15) is 11.1 Å². The molecule has 0 aliphatic carbocycles. The molecule has 1 saturated heterocycles. The number of rotatable bonds is 4. The quantitative estimate of drug-likeness (QED) is 0.859. The van der Waals surface area contributed by atoms with Crippen molar-refractivity contribution < 1.29 is 18.4 Å². The van der Waals surface area contributed by atoms with Crippen LogP contribution in [0.15, 0.2) is 46.0 Å². The monoisotopic (exact) mass is 274 g/mol. The molecule has 0 radical (unpaired) electrons. The zero-order valence-electron chi connectivity index (χ0n) is 11.0. The molecule has 6 nitrogen and oxygen atoms in total. The van der Waals surface area contributed by atoms with Gasteiger partial charge in [0, 0.05) is 19.9 Å². The van der Waals surface area contributed by atoms with Crippen LogP contribution < -0.4 is 5.32 Å². The largest absolute Gasteiger partial charge is 0.472 e. The Morgan fingerprint density at radius 3 is 2.00 bits per heavy atom. The van der Waals surface area contributed by atoms with E-state index in [0.29, 0.717) is 12.8 Å². The first-order valence-corrected chi connectivity index (χ1v) is 6.23. The van der Waals surface area contributed by atoms with Gasteiger partial charge in [-0.05, 0) is 23.3 Å². The molecule has 2 aromatic rings. The highest BCUT2D eigenvalue weighted by Crippen LogP contribution is 2.29. The van der Waals surface area contributed by atoms with Crippen LogP contribution >= 0.6 is 0 Å². The summed E-state index contributed by atoms with van der Waals surface area (Å²) in [7, 11) is 1.63. The first-order chi connectivity index (χ1) is 9.62. The number of urea groups is 1. The van der Waals surface area contributed by atoms with Crippen molar-refractivity contribution in [2.75, 3.05) is 7.05 Å². The second kappa shape index (κ2) is 4.56. The van der Waals surface area contributed by atoms with Crippen molar-refractivity contribution in [3.05, 3.63) is 48.3 Å². The van der Waals surface area contributed by atoms with Crippen molar-refractivity contribution in [3.63, 3.8) is 0 Å². The molecule has 0 unspecified atom stereocenters. The Balaban J connectivity index is 1.98. The molecule has 3 amide bonds. The van der Waals surface area contributed by atoms with Crippen molar-refractivity contribution in [1.82, 2.24) is 10.2 Å². The van der Waals surface area contributed by atoms with E-state index in [1.807, 2.05) is 0 Å². The van der Waals surface area contributed by atoms with E-state index in [0.717, 1.165) is 11.1 Å². The maximum atomic E-state index is 12.3. The summed E-state index contributed by atoms with van der Waals surface area (Å²) in [6.45, 7) is 0. The molecule has 0 aromatic carbocycles. The molecule has 6 heteroatoms. The second-order valence-corrected chi connectivity index (χ2v) is 4.97. The number of hydrogen-bond donors (Lipinski definition) is 1. The SMILES string of the molecule is CN1C(=O)NC(=O)C1(Cc1ccoc1)Cc1ccoc1. The molecule has 3 rings (SSSR count). The van der Waals surface area contributed by atoms with Crippen LogP contribution in [0.2, 0.25) is 0 Å². The number of likely N-dealkylation sites (N-methyl/N-ethyl adjacent to an activating group) is 1. The van der Waals surface area contributed by atoms with Gasteiger partial charge in [-0.15, -0.1) is 0 Å². The Labute approximate surface area is 115 Å². The van der Waals surface area contributed by atoms with Gasteiger partial charge in [0.2, 0.25) is 0 Å². The van der Waals surface area contributed by atoms with Crippen LogP contribution in [0.25, 0.3) is 0 Å². The lowest BCUT2D eigenvalue weighted by Crippen LogP contribution is -2.51. The Hall–Kier alpha value is -2.50. The van der Waals surface area contributed by atoms with Crippen LogP contribution in [0.5, 0.6) is 0 Å². The summed E-state index contributed by atoms with van der Waals surface area (Å²) in [6, 6.07) is 3.20. The van der Waals surface area contributed by atoms with Crippen LogP contribution in [0, 0.1) is 0 Å². The molecule has 1 aliphatic heterocycles. The zero-order valence-corrected chi connectivity index (χ0v) is 11.0. The summed E-state index contributed by atoms with van der Waals surface area (Å²) in [5, 5.41) is 2.37. The molecule has 1 N–H and O–H groups in total. The maximum absolute atomic E-state index is 12.3. The molecular formula is C14H14N2O4. The predicted molar refractivity (Wildman–Crippen MR) is 68.9 cm³/mol. The molecule has 104 valence electrons. The number of nitrogens with one attached hydrogen (secondary N) is 1. The third-order valence-electron chi connectivity index (χ3n) is 3.74. The number of amides is 3. The fourth-order valence-electron chi connectivity index (χ4n) is 2.57. The minimum Gasteiger partial charge on any atom is -0.472 e. The van der Waals surface area contributed by atoms with Crippen LogP contribution in [-0.2, 0) is 17.6 Å². The van der Waals surface area contributed by atoms with E-state index in [2.05, 4.69) is 5.32 Å². The molecule has 0 bridgehead atoms. The van der Waals surface area contributed by atoms with Gasteiger partial charge >= 0.3 is 6.03 Å². The van der Waals surface area contributed by atoms with E-state index >= 15 is 0 Å². The molecular weight excluding hydrogens is 260 g/mol. The Morgan fingerprint density at radius 1 is 1.10 bits per heavy atom. The number of carbonyl (C=O) groups is 2. The summed E-state index contributed by atoms with van der Waals surface area (Å²) in [6.07, 6.45) is 7.05. The third kappa shape index (κ3) is 1.89. The topological polar surface area (TPSA) is 75.7 Å². The fourth-order valence-corrected chi connectivity index (χ4v) is 2.57. The molecule has 0 atom stereocenters. The van der Waals surface area contributed by atoms with E-state index in [9.17, 15) is 9.59 Å². The van der Waals surface area contributed by atoms with Crippen molar-refractivity contribution >= 4 is 11.9 Å². The average molecular weight is 274 g/mol. The van der Waals surface area contributed by atoms with Gasteiger partial charge in [0.1, 0.15) is 5.54 Å². The molecule has 0 spiro atoms. The first-order valence-electron chi connectivity index (χ1n) is 6.23. The highest BCUT2D eigenvalue weighted by molar-refractivity contribution is 6.07. The summed E-state index contributed by atoms with van der Waals surface area (Å²) in [5.74, 6) is -0.299. The summed E-state index contributed by atoms with van der Waals surface area (Å²) < 4.78 is 10.1.